The van der Waals surface area contributed by atoms with Gasteiger partial charge in [0.2, 0.25) is 15.9 Å². The molecule has 2 aromatic carbocycles. The quantitative estimate of drug-likeness (QED) is 0.400. The minimum absolute atomic E-state index is 0.0228. The predicted molar refractivity (Wildman–Crippen MR) is 167 cm³/mol. The number of hydrogen-bond donors (Lipinski definition) is 1. The van der Waals surface area contributed by atoms with Gasteiger partial charge in [-0.3, -0.25) is 4.79 Å². The van der Waals surface area contributed by atoms with E-state index >= 15 is 0 Å². The van der Waals surface area contributed by atoms with Gasteiger partial charge >= 0.3 is 6.03 Å². The van der Waals surface area contributed by atoms with Crippen molar-refractivity contribution in [1.82, 2.24) is 19.4 Å². The van der Waals surface area contributed by atoms with Crippen LogP contribution in [0.1, 0.15) is 70.3 Å². The van der Waals surface area contributed by atoms with Crippen molar-refractivity contribution in [3.8, 4) is 0 Å². The Hall–Kier alpha value is -2.91. The summed E-state index contributed by atoms with van der Waals surface area (Å²) < 4.78 is 28.3. The minimum atomic E-state index is -3.81. The van der Waals surface area contributed by atoms with Crippen LogP contribution in [0.25, 0.3) is 0 Å². The predicted octanol–water partition coefficient (Wildman–Crippen LogP) is 5.26. The molecular formula is C34H46N4O4S. The molecule has 43 heavy (non-hydrogen) atoms. The second-order valence-corrected chi connectivity index (χ2v) is 15.4. The van der Waals surface area contributed by atoms with E-state index in [2.05, 4.69) is 5.32 Å². The van der Waals surface area contributed by atoms with Gasteiger partial charge in [-0.1, -0.05) is 55.5 Å². The summed E-state index contributed by atoms with van der Waals surface area (Å²) in [6.07, 6.45) is 9.35. The van der Waals surface area contributed by atoms with Gasteiger partial charge in [-0.25, -0.2) is 13.2 Å². The molecule has 4 aliphatic carbocycles. The van der Waals surface area contributed by atoms with Gasteiger partial charge in [-0.2, -0.15) is 4.31 Å². The third-order valence-corrected chi connectivity index (χ3v) is 12.1. The average Bonchev–Trinajstić information content (AvgIpc) is 3.00. The van der Waals surface area contributed by atoms with Gasteiger partial charge in [-0.05, 0) is 93.2 Å². The molecule has 4 bridgehead atoms. The van der Waals surface area contributed by atoms with E-state index in [0.717, 1.165) is 42.6 Å². The second kappa shape index (κ2) is 12.6. The number of nitrogens with one attached hydrogen (secondary N) is 1. The summed E-state index contributed by atoms with van der Waals surface area (Å²) in [5.41, 5.74) is 0.983. The van der Waals surface area contributed by atoms with E-state index in [1.165, 1.54) is 23.6 Å². The smallest absolute Gasteiger partial charge is 0.317 e. The van der Waals surface area contributed by atoms with Crippen LogP contribution in [-0.4, -0.2) is 72.2 Å². The lowest BCUT2D eigenvalue weighted by atomic mass is 9.53. The average molecular weight is 607 g/mol. The lowest BCUT2D eigenvalue weighted by Gasteiger charge is -2.57. The standard InChI is InChI=1S/C34H46N4O4S/c1-2-15-37(43(41,42)31-11-7-4-8-12-31)25-32(39)38(24-26-9-5-3-6-10-26)30-13-16-36(17-14-30)33(40)35-34-21-27-18-28(22-34)20-29(19-27)23-34/h3-12,27-30H,2,13-25H2,1H3,(H,35,40). The van der Waals surface area contributed by atoms with Crippen LogP contribution < -0.4 is 5.32 Å². The fourth-order valence-electron chi connectivity index (χ4n) is 8.67. The van der Waals surface area contributed by atoms with Crippen LogP contribution in [-0.2, 0) is 21.4 Å². The summed E-state index contributed by atoms with van der Waals surface area (Å²) in [6, 6.07) is 18.2. The Bertz CT molecular complexity index is 1340. The Labute approximate surface area is 256 Å². The zero-order valence-corrected chi connectivity index (χ0v) is 26.2. The van der Waals surface area contributed by atoms with Crippen LogP contribution in [0.3, 0.4) is 0 Å². The number of piperidine rings is 1. The molecular weight excluding hydrogens is 560 g/mol. The molecule has 232 valence electrons. The fourth-order valence-corrected chi connectivity index (χ4v) is 10.2. The summed E-state index contributed by atoms with van der Waals surface area (Å²) in [5, 5.41) is 3.51. The van der Waals surface area contributed by atoms with Crippen LogP contribution in [0.15, 0.2) is 65.6 Å². The van der Waals surface area contributed by atoms with E-state index in [1.807, 2.05) is 47.1 Å². The van der Waals surface area contributed by atoms with Crippen molar-refractivity contribution in [3.63, 3.8) is 0 Å². The monoisotopic (exact) mass is 606 g/mol. The maximum absolute atomic E-state index is 14.0. The van der Waals surface area contributed by atoms with Crippen molar-refractivity contribution >= 4 is 22.0 Å². The van der Waals surface area contributed by atoms with Gasteiger partial charge in [0.1, 0.15) is 0 Å². The number of nitrogens with zero attached hydrogens (tertiary/aromatic N) is 3. The van der Waals surface area contributed by atoms with Gasteiger partial charge in [0.25, 0.3) is 0 Å². The molecule has 3 amide bonds. The van der Waals surface area contributed by atoms with E-state index in [0.29, 0.717) is 38.9 Å². The van der Waals surface area contributed by atoms with Gasteiger partial charge in [0.05, 0.1) is 11.4 Å². The molecule has 4 saturated carbocycles. The first-order valence-corrected chi connectivity index (χ1v) is 17.6. The molecule has 8 nitrogen and oxygen atoms in total. The van der Waals surface area contributed by atoms with Crippen LogP contribution in [0.2, 0.25) is 0 Å². The van der Waals surface area contributed by atoms with Crippen molar-refractivity contribution in [2.75, 3.05) is 26.2 Å². The molecule has 1 N–H and O–H groups in total. The fraction of sp³-hybridized carbons (Fsp3) is 0.588. The maximum Gasteiger partial charge on any atom is 0.317 e. The normalized spacial score (nSPS) is 26.9. The van der Waals surface area contributed by atoms with Crippen molar-refractivity contribution in [2.24, 2.45) is 17.8 Å². The Balaban J connectivity index is 1.13. The molecule has 7 rings (SSSR count). The molecule has 0 radical (unpaired) electrons. The van der Waals surface area contributed by atoms with Gasteiger partial charge in [0, 0.05) is 37.8 Å². The van der Waals surface area contributed by atoms with Crippen LogP contribution in [0.5, 0.6) is 0 Å². The first kappa shape index (κ1) is 30.1. The van der Waals surface area contributed by atoms with E-state index in [1.54, 1.807) is 30.3 Å². The highest BCUT2D eigenvalue weighted by Gasteiger charge is 2.52. The minimum Gasteiger partial charge on any atom is -0.334 e. The van der Waals surface area contributed by atoms with Crippen molar-refractivity contribution in [1.29, 1.82) is 0 Å². The lowest BCUT2D eigenvalue weighted by molar-refractivity contribution is -0.135. The van der Waals surface area contributed by atoms with E-state index in [-0.39, 0.29) is 41.5 Å². The van der Waals surface area contributed by atoms with Gasteiger partial charge in [0.15, 0.2) is 0 Å². The van der Waals surface area contributed by atoms with Crippen molar-refractivity contribution in [3.05, 3.63) is 66.2 Å². The number of urea groups is 1. The second-order valence-electron chi connectivity index (χ2n) is 13.5. The molecule has 0 atom stereocenters. The Morgan fingerprint density at radius 1 is 0.884 bits per heavy atom. The van der Waals surface area contributed by atoms with Crippen molar-refractivity contribution in [2.45, 2.75) is 87.7 Å². The summed E-state index contributed by atoms with van der Waals surface area (Å²) in [4.78, 5) is 31.5. The van der Waals surface area contributed by atoms with E-state index in [9.17, 15) is 18.0 Å². The summed E-state index contributed by atoms with van der Waals surface area (Å²) in [7, 11) is -3.81. The lowest BCUT2D eigenvalue weighted by Crippen LogP contribution is -2.62. The number of sulfonamides is 1. The molecule has 5 aliphatic rings. The molecule has 5 fully saturated rings. The van der Waals surface area contributed by atoms with E-state index < -0.39 is 10.0 Å². The summed E-state index contributed by atoms with van der Waals surface area (Å²) in [6.45, 7) is 3.57. The molecule has 2 aromatic rings. The number of carbonyl (C=O) groups excluding carboxylic acids is 2. The first-order valence-electron chi connectivity index (χ1n) is 16.2. The highest BCUT2D eigenvalue weighted by atomic mass is 32.2. The van der Waals surface area contributed by atoms with Gasteiger partial charge < -0.3 is 15.1 Å². The number of rotatable bonds is 10. The molecule has 1 heterocycles. The molecule has 1 saturated heterocycles. The highest BCUT2D eigenvalue weighted by molar-refractivity contribution is 7.89. The Kier molecular flexibility index (Phi) is 8.83. The molecule has 0 spiro atoms. The maximum atomic E-state index is 14.0. The third kappa shape index (κ3) is 6.63. The molecule has 0 aromatic heterocycles. The zero-order valence-electron chi connectivity index (χ0n) is 25.4. The largest absolute Gasteiger partial charge is 0.334 e. The number of likely N-dealkylation sites (tertiary alicyclic amines) is 1. The highest BCUT2D eigenvalue weighted by Crippen LogP contribution is 2.55. The van der Waals surface area contributed by atoms with Gasteiger partial charge in [-0.15, -0.1) is 0 Å². The first-order chi connectivity index (χ1) is 20.7. The summed E-state index contributed by atoms with van der Waals surface area (Å²) >= 11 is 0. The number of amides is 3. The number of hydrogen-bond acceptors (Lipinski definition) is 4. The molecule has 0 unspecified atom stereocenters. The van der Waals surface area contributed by atoms with Crippen LogP contribution in [0.4, 0.5) is 4.79 Å². The van der Waals surface area contributed by atoms with Crippen molar-refractivity contribution < 1.29 is 18.0 Å². The van der Waals surface area contributed by atoms with Crippen LogP contribution in [0, 0.1) is 17.8 Å². The zero-order chi connectivity index (χ0) is 30.0. The SMILES string of the molecule is CCCN(CC(=O)N(Cc1ccccc1)C1CCN(C(=O)NC23CC4CC(CC(C4)C2)C3)CC1)S(=O)(=O)c1ccccc1. The number of benzene rings is 2. The number of carbonyl (C=O) groups is 2. The molecule has 1 aliphatic heterocycles. The Morgan fingerprint density at radius 3 is 2.00 bits per heavy atom. The molecule has 9 heteroatoms. The summed E-state index contributed by atoms with van der Waals surface area (Å²) in [5.74, 6) is 2.11. The topological polar surface area (TPSA) is 90.0 Å². The van der Waals surface area contributed by atoms with E-state index in [4.69, 9.17) is 0 Å². The Morgan fingerprint density at radius 2 is 1.44 bits per heavy atom. The third-order valence-electron chi connectivity index (χ3n) is 10.3. The van der Waals surface area contributed by atoms with Crippen LogP contribution >= 0.6 is 0 Å².